The quantitative estimate of drug-likeness (QED) is 0.234. The van der Waals surface area contributed by atoms with Crippen LogP contribution < -0.4 is 10.1 Å². The van der Waals surface area contributed by atoms with Crippen LogP contribution in [0.5, 0.6) is 5.75 Å². The van der Waals surface area contributed by atoms with Crippen molar-refractivity contribution in [1.29, 1.82) is 0 Å². The van der Waals surface area contributed by atoms with Crippen molar-refractivity contribution in [3.05, 3.63) is 30.1 Å². The summed E-state index contributed by atoms with van der Waals surface area (Å²) in [5, 5.41) is 3.32. The van der Waals surface area contributed by atoms with Gasteiger partial charge in [-0.15, -0.1) is 24.0 Å². The highest BCUT2D eigenvalue weighted by Gasteiger charge is 2.15. The maximum Gasteiger partial charge on any atom is 0.193 e. The van der Waals surface area contributed by atoms with Crippen LogP contribution in [0.25, 0.3) is 0 Å². The van der Waals surface area contributed by atoms with Crippen LogP contribution in [-0.2, 0) is 9.47 Å². The zero-order valence-corrected chi connectivity index (χ0v) is 18.5. The van der Waals surface area contributed by atoms with E-state index in [0.717, 1.165) is 51.8 Å². The molecule has 2 rings (SSSR count). The highest BCUT2D eigenvalue weighted by molar-refractivity contribution is 14.0. The fraction of sp³-hybridized carbons (Fsp3) is 0.632. The van der Waals surface area contributed by atoms with Crippen molar-refractivity contribution < 1.29 is 18.6 Å². The molecule has 154 valence electrons. The topological polar surface area (TPSA) is 55.3 Å². The van der Waals surface area contributed by atoms with Gasteiger partial charge in [-0.2, -0.15) is 0 Å². The van der Waals surface area contributed by atoms with E-state index in [1.165, 1.54) is 12.1 Å². The van der Waals surface area contributed by atoms with Gasteiger partial charge in [0.25, 0.3) is 0 Å². The monoisotopic (exact) mass is 495 g/mol. The van der Waals surface area contributed by atoms with Gasteiger partial charge < -0.3 is 24.4 Å². The summed E-state index contributed by atoms with van der Waals surface area (Å²) in [6.45, 7) is 5.19. The molecule has 1 saturated heterocycles. The molecule has 1 aromatic rings. The molecule has 1 aliphatic rings. The Labute approximate surface area is 178 Å². The van der Waals surface area contributed by atoms with Crippen molar-refractivity contribution in [2.75, 3.05) is 60.2 Å². The lowest BCUT2D eigenvalue weighted by molar-refractivity contribution is 0.0887. The normalized spacial score (nSPS) is 16.7. The van der Waals surface area contributed by atoms with Crippen LogP contribution >= 0.6 is 24.0 Å². The minimum Gasteiger partial charge on any atom is -0.492 e. The van der Waals surface area contributed by atoms with Crippen molar-refractivity contribution in [3.8, 4) is 5.75 Å². The molecule has 1 unspecified atom stereocenters. The van der Waals surface area contributed by atoms with E-state index in [0.29, 0.717) is 24.8 Å². The Morgan fingerprint density at radius 2 is 2.11 bits per heavy atom. The Morgan fingerprint density at radius 1 is 1.33 bits per heavy atom. The van der Waals surface area contributed by atoms with Crippen molar-refractivity contribution in [1.82, 2.24) is 10.2 Å². The first-order valence-electron chi connectivity index (χ1n) is 9.14. The van der Waals surface area contributed by atoms with E-state index in [4.69, 9.17) is 14.2 Å². The summed E-state index contributed by atoms with van der Waals surface area (Å²) < 4.78 is 29.5. The number of hydrogen-bond acceptors (Lipinski definition) is 4. The van der Waals surface area contributed by atoms with Crippen LogP contribution in [0.15, 0.2) is 29.3 Å². The summed E-state index contributed by atoms with van der Waals surface area (Å²) in [6.07, 6.45) is 2.03. The van der Waals surface area contributed by atoms with Gasteiger partial charge in [0.1, 0.15) is 18.2 Å². The molecule has 0 aliphatic carbocycles. The third-order valence-electron chi connectivity index (χ3n) is 4.21. The molecule has 0 aromatic heterocycles. The summed E-state index contributed by atoms with van der Waals surface area (Å²) in [7, 11) is 3.72. The second-order valence-corrected chi connectivity index (χ2v) is 6.36. The number of halogens is 2. The van der Waals surface area contributed by atoms with E-state index in [-0.39, 0.29) is 29.8 Å². The number of likely N-dealkylation sites (N-methyl/N-ethyl adjacent to an activating group) is 1. The molecule has 1 N–H and O–H groups in total. The minimum atomic E-state index is -0.264. The fourth-order valence-corrected chi connectivity index (χ4v) is 2.66. The Morgan fingerprint density at radius 3 is 2.78 bits per heavy atom. The zero-order valence-electron chi connectivity index (χ0n) is 16.2. The van der Waals surface area contributed by atoms with Gasteiger partial charge in [-0.1, -0.05) is 0 Å². The summed E-state index contributed by atoms with van der Waals surface area (Å²) in [6, 6.07) is 6.03. The fourth-order valence-electron chi connectivity index (χ4n) is 2.66. The second kappa shape index (κ2) is 14.0. The van der Waals surface area contributed by atoms with Crippen LogP contribution in [0.3, 0.4) is 0 Å². The summed E-state index contributed by atoms with van der Waals surface area (Å²) in [4.78, 5) is 6.28. The average molecular weight is 495 g/mol. The Hall–Kier alpha value is -1.13. The lowest BCUT2D eigenvalue weighted by Gasteiger charge is -2.22. The SMILES string of the molecule is CN=C(NCCCOCC1CCOC1)N(C)CCOc1ccc(F)cc1.I. The van der Waals surface area contributed by atoms with Crippen molar-refractivity contribution in [2.24, 2.45) is 10.9 Å². The first kappa shape index (κ1) is 23.9. The molecule has 1 atom stereocenters. The van der Waals surface area contributed by atoms with Crippen molar-refractivity contribution in [2.45, 2.75) is 12.8 Å². The van der Waals surface area contributed by atoms with Crippen LogP contribution in [0.2, 0.25) is 0 Å². The summed E-state index contributed by atoms with van der Waals surface area (Å²) in [5.74, 6) is 1.77. The average Bonchev–Trinajstić information content (AvgIpc) is 3.16. The number of ether oxygens (including phenoxy) is 3. The number of guanidine groups is 1. The molecule has 0 radical (unpaired) electrons. The Bertz CT molecular complexity index is 540. The molecule has 0 bridgehead atoms. The predicted octanol–water partition coefficient (Wildman–Crippen LogP) is 2.77. The van der Waals surface area contributed by atoms with Crippen LogP contribution in [0, 0.1) is 11.7 Å². The van der Waals surface area contributed by atoms with Crippen LogP contribution in [0.4, 0.5) is 4.39 Å². The smallest absolute Gasteiger partial charge is 0.193 e. The van der Waals surface area contributed by atoms with Crippen molar-refractivity contribution >= 4 is 29.9 Å². The van der Waals surface area contributed by atoms with Gasteiger partial charge in [0.15, 0.2) is 5.96 Å². The van der Waals surface area contributed by atoms with E-state index < -0.39 is 0 Å². The molecule has 0 amide bonds. The minimum absolute atomic E-state index is 0. The number of nitrogens with zero attached hydrogens (tertiary/aromatic N) is 2. The van der Waals surface area contributed by atoms with E-state index in [1.54, 1.807) is 19.2 Å². The van der Waals surface area contributed by atoms with Gasteiger partial charge in [0, 0.05) is 39.8 Å². The van der Waals surface area contributed by atoms with Crippen LogP contribution in [-0.4, -0.2) is 71.1 Å². The van der Waals surface area contributed by atoms with Gasteiger partial charge in [-0.25, -0.2) is 4.39 Å². The second-order valence-electron chi connectivity index (χ2n) is 6.36. The lowest BCUT2D eigenvalue weighted by atomic mass is 10.1. The molecule has 0 saturated carbocycles. The van der Waals surface area contributed by atoms with Gasteiger partial charge in [0.2, 0.25) is 0 Å². The van der Waals surface area contributed by atoms with E-state index in [9.17, 15) is 4.39 Å². The van der Waals surface area contributed by atoms with E-state index in [2.05, 4.69) is 10.3 Å². The number of nitrogens with one attached hydrogen (secondary N) is 1. The van der Waals surface area contributed by atoms with E-state index in [1.807, 2.05) is 11.9 Å². The first-order chi connectivity index (χ1) is 12.7. The Balaban J connectivity index is 0.00000364. The Kier molecular flexibility index (Phi) is 12.4. The van der Waals surface area contributed by atoms with Crippen LogP contribution in [0.1, 0.15) is 12.8 Å². The molecule has 1 aromatic carbocycles. The maximum atomic E-state index is 12.9. The lowest BCUT2D eigenvalue weighted by Crippen LogP contribution is -2.41. The number of rotatable bonds is 10. The highest BCUT2D eigenvalue weighted by Crippen LogP contribution is 2.12. The summed E-state index contributed by atoms with van der Waals surface area (Å²) in [5.41, 5.74) is 0. The van der Waals surface area contributed by atoms with Gasteiger partial charge in [0.05, 0.1) is 19.8 Å². The third kappa shape index (κ3) is 9.57. The number of aliphatic imine (C=N–C) groups is 1. The summed E-state index contributed by atoms with van der Waals surface area (Å²) >= 11 is 0. The van der Waals surface area contributed by atoms with Crippen molar-refractivity contribution in [3.63, 3.8) is 0 Å². The molecule has 1 fully saturated rings. The predicted molar refractivity (Wildman–Crippen MR) is 116 cm³/mol. The molecule has 8 heteroatoms. The molecule has 1 aliphatic heterocycles. The number of benzene rings is 1. The molecule has 6 nitrogen and oxygen atoms in total. The van der Waals surface area contributed by atoms with Gasteiger partial charge in [-0.05, 0) is 37.1 Å². The van der Waals surface area contributed by atoms with Gasteiger partial charge >= 0.3 is 0 Å². The third-order valence-corrected chi connectivity index (χ3v) is 4.21. The molecular formula is C19H31FIN3O3. The molecular weight excluding hydrogens is 464 g/mol. The highest BCUT2D eigenvalue weighted by atomic mass is 127. The molecule has 1 heterocycles. The molecule has 0 spiro atoms. The largest absolute Gasteiger partial charge is 0.492 e. The zero-order chi connectivity index (χ0) is 18.6. The standard InChI is InChI=1S/C19H30FN3O3.HI/c1-21-19(22-9-3-11-24-14-16-8-12-25-15-16)23(2)10-13-26-18-6-4-17(20)5-7-18;/h4-7,16H,3,8-15H2,1-2H3,(H,21,22);1H. The first-order valence-corrected chi connectivity index (χ1v) is 9.14. The number of hydrogen-bond donors (Lipinski definition) is 1. The van der Waals surface area contributed by atoms with E-state index >= 15 is 0 Å². The maximum absolute atomic E-state index is 12.9. The van der Waals surface area contributed by atoms with Gasteiger partial charge in [-0.3, -0.25) is 4.99 Å². The molecule has 27 heavy (non-hydrogen) atoms.